The molecule has 6 heterocycles. The average Bonchev–Trinajstić information content (AvgIpc) is 3.66. The summed E-state index contributed by atoms with van der Waals surface area (Å²) >= 11 is 0. The molecule has 3 aromatic heterocycles. The number of aromatic amines is 1. The molecule has 2 N–H and O–H groups in total. The van der Waals surface area contributed by atoms with Crippen LogP contribution in [0.15, 0.2) is 41.1 Å². The monoisotopic (exact) mass is 502 g/mol. The summed E-state index contributed by atoms with van der Waals surface area (Å²) in [6.45, 7) is 2.19. The highest BCUT2D eigenvalue weighted by molar-refractivity contribution is 5.92. The number of rotatable bonds is 3. The molecule has 0 radical (unpaired) electrons. The minimum Gasteiger partial charge on any atom is -0.465 e. The molecule has 2 unspecified atom stereocenters. The van der Waals surface area contributed by atoms with Crippen molar-refractivity contribution >= 4 is 34.2 Å². The highest BCUT2D eigenvalue weighted by Crippen LogP contribution is 2.35. The van der Waals surface area contributed by atoms with Crippen LogP contribution in [0.1, 0.15) is 25.5 Å². The van der Waals surface area contributed by atoms with Crippen LogP contribution < -0.4 is 10.6 Å². The van der Waals surface area contributed by atoms with Crippen molar-refractivity contribution in [2.24, 2.45) is 13.0 Å². The smallest absolute Gasteiger partial charge is 0.407 e. The molecule has 37 heavy (non-hydrogen) atoms. The minimum atomic E-state index is -0.896. The van der Waals surface area contributed by atoms with Gasteiger partial charge in [-0.25, -0.2) is 19.6 Å². The van der Waals surface area contributed by atoms with E-state index in [4.69, 9.17) is 19.7 Å². The van der Waals surface area contributed by atoms with Crippen LogP contribution in [-0.4, -0.2) is 71.4 Å². The van der Waals surface area contributed by atoms with Gasteiger partial charge >= 0.3 is 11.8 Å². The maximum absolute atomic E-state index is 12.2. The van der Waals surface area contributed by atoms with Gasteiger partial charge in [0.15, 0.2) is 5.65 Å². The van der Waals surface area contributed by atoms with Gasteiger partial charge in [-0.15, -0.1) is 0 Å². The number of hydrogen-bond donors (Lipinski definition) is 2. The molecule has 0 aliphatic carbocycles. The molecule has 3 aliphatic rings. The van der Waals surface area contributed by atoms with E-state index in [0.29, 0.717) is 49.0 Å². The molecule has 2 fully saturated rings. The summed E-state index contributed by atoms with van der Waals surface area (Å²) in [4.78, 5) is 44.5. The summed E-state index contributed by atoms with van der Waals surface area (Å²) in [5.74, 6) is 0.654. The number of hydrogen-bond acceptors (Lipinski definition) is 7. The first-order chi connectivity index (χ1) is 18.0. The SMILES string of the molecule is Cn1c(=O)[nH]c2cc(-c3nc(N4C=C5CN(C(=O)O)CC5C4)nc4c3ncn4C3CCCCO3)ccc21. The summed E-state index contributed by atoms with van der Waals surface area (Å²) in [6.07, 6.45) is 5.72. The summed E-state index contributed by atoms with van der Waals surface area (Å²) < 4.78 is 9.61. The predicted octanol–water partition coefficient (Wildman–Crippen LogP) is 2.69. The molecule has 0 spiro atoms. The zero-order valence-corrected chi connectivity index (χ0v) is 20.3. The van der Waals surface area contributed by atoms with Crippen LogP contribution in [0.3, 0.4) is 0 Å². The van der Waals surface area contributed by atoms with Crippen molar-refractivity contribution < 1.29 is 14.6 Å². The molecular formula is C25H26N8O4. The Morgan fingerprint density at radius 1 is 1.22 bits per heavy atom. The van der Waals surface area contributed by atoms with E-state index in [-0.39, 0.29) is 17.8 Å². The number of aryl methyl sites for hydroxylation is 1. The van der Waals surface area contributed by atoms with Crippen molar-refractivity contribution in [3.63, 3.8) is 0 Å². The zero-order chi connectivity index (χ0) is 25.3. The zero-order valence-electron chi connectivity index (χ0n) is 20.3. The number of nitrogens with zero attached hydrogens (tertiary/aromatic N) is 7. The first-order valence-corrected chi connectivity index (χ1v) is 12.5. The minimum absolute atomic E-state index is 0.121. The normalized spacial score (nSPS) is 21.7. The van der Waals surface area contributed by atoms with Gasteiger partial charge in [0, 0.05) is 51.0 Å². The van der Waals surface area contributed by atoms with E-state index >= 15 is 0 Å². The highest BCUT2D eigenvalue weighted by atomic mass is 16.5. The molecule has 2 atom stereocenters. The number of H-pyrrole nitrogens is 1. The van der Waals surface area contributed by atoms with Gasteiger partial charge < -0.3 is 24.6 Å². The maximum Gasteiger partial charge on any atom is 0.407 e. The molecule has 12 heteroatoms. The third-order valence-electron chi connectivity index (χ3n) is 7.66. The van der Waals surface area contributed by atoms with E-state index in [1.54, 1.807) is 17.9 Å². The van der Waals surface area contributed by atoms with Gasteiger partial charge in [0.2, 0.25) is 5.95 Å². The number of ether oxygens (including phenoxy) is 1. The fourth-order valence-corrected chi connectivity index (χ4v) is 5.67. The maximum atomic E-state index is 12.2. The lowest BCUT2D eigenvalue weighted by Gasteiger charge is -2.24. The predicted molar refractivity (Wildman–Crippen MR) is 135 cm³/mol. The van der Waals surface area contributed by atoms with Gasteiger partial charge in [-0.2, -0.15) is 4.98 Å². The number of likely N-dealkylation sites (tertiary alicyclic amines) is 1. The summed E-state index contributed by atoms with van der Waals surface area (Å²) in [5.41, 5.74) is 5.27. The van der Waals surface area contributed by atoms with E-state index in [1.807, 2.05) is 33.9 Å². The lowest BCUT2D eigenvalue weighted by molar-refractivity contribution is -0.0298. The van der Waals surface area contributed by atoms with Gasteiger partial charge in [0.25, 0.3) is 0 Å². The average molecular weight is 503 g/mol. The van der Waals surface area contributed by atoms with Crippen molar-refractivity contribution in [1.82, 2.24) is 34.0 Å². The van der Waals surface area contributed by atoms with E-state index in [1.165, 1.54) is 4.90 Å². The third kappa shape index (κ3) is 3.50. The molecule has 1 amide bonds. The van der Waals surface area contributed by atoms with E-state index < -0.39 is 6.09 Å². The van der Waals surface area contributed by atoms with E-state index in [9.17, 15) is 14.7 Å². The number of imidazole rings is 2. The number of carboxylic acid groups (broad SMARTS) is 1. The van der Waals surface area contributed by atoms with Crippen molar-refractivity contribution in [1.29, 1.82) is 0 Å². The fraction of sp³-hybridized carbons (Fsp3) is 0.400. The molecule has 4 aromatic rings. The first kappa shape index (κ1) is 22.0. The highest BCUT2D eigenvalue weighted by Gasteiger charge is 2.37. The van der Waals surface area contributed by atoms with Crippen LogP contribution in [0, 0.1) is 5.92 Å². The fourth-order valence-electron chi connectivity index (χ4n) is 5.67. The molecule has 7 rings (SSSR count). The van der Waals surface area contributed by atoms with Crippen LogP contribution in [0.5, 0.6) is 0 Å². The van der Waals surface area contributed by atoms with Crippen molar-refractivity contribution in [3.8, 4) is 11.3 Å². The third-order valence-corrected chi connectivity index (χ3v) is 7.66. The second kappa shape index (κ2) is 8.17. The van der Waals surface area contributed by atoms with Gasteiger partial charge in [0.1, 0.15) is 17.4 Å². The Morgan fingerprint density at radius 2 is 2.11 bits per heavy atom. The Balaban J connectivity index is 1.36. The number of aromatic nitrogens is 6. The Bertz CT molecular complexity index is 1640. The molecule has 1 aromatic carbocycles. The lowest BCUT2D eigenvalue weighted by Crippen LogP contribution is -2.30. The Kier molecular flexibility index (Phi) is 4.86. The second-order valence-electron chi connectivity index (χ2n) is 9.95. The number of carbonyl (C=O) groups is 1. The van der Waals surface area contributed by atoms with Crippen LogP contribution in [0.2, 0.25) is 0 Å². The summed E-state index contributed by atoms with van der Waals surface area (Å²) in [6, 6.07) is 5.76. The molecule has 190 valence electrons. The van der Waals surface area contributed by atoms with E-state index in [2.05, 4.69) is 4.98 Å². The van der Waals surface area contributed by atoms with Crippen molar-refractivity contribution in [2.75, 3.05) is 31.1 Å². The standard InChI is InChI=1S/C25H26N8O4/c1-30-18-6-5-14(8-17(18)27-24(30)34)20-21-22(33(13-26-21)19-4-2-3-7-37-19)29-23(28-20)31-9-15-11-32(25(35)36)12-16(15)10-31/h5-6,8-9,13,16,19H,2-4,7,10-12H2,1H3,(H,27,34)(H,35,36). The van der Waals surface area contributed by atoms with Gasteiger partial charge in [-0.3, -0.25) is 9.13 Å². The topological polar surface area (TPSA) is 134 Å². The number of anilines is 1. The molecule has 0 bridgehead atoms. The molecule has 12 nitrogen and oxygen atoms in total. The summed E-state index contributed by atoms with van der Waals surface area (Å²) in [7, 11) is 1.73. The number of nitrogens with one attached hydrogen (secondary N) is 1. The van der Waals surface area contributed by atoms with Crippen LogP contribution in [0.25, 0.3) is 33.5 Å². The van der Waals surface area contributed by atoms with Crippen molar-refractivity contribution in [2.45, 2.75) is 25.5 Å². The number of fused-ring (bicyclic) bond motifs is 3. The molecule has 3 aliphatic heterocycles. The molecular weight excluding hydrogens is 476 g/mol. The first-order valence-electron chi connectivity index (χ1n) is 12.5. The Morgan fingerprint density at radius 3 is 2.89 bits per heavy atom. The van der Waals surface area contributed by atoms with Gasteiger partial charge in [-0.1, -0.05) is 6.07 Å². The second-order valence-corrected chi connectivity index (χ2v) is 9.95. The Labute approximate surface area is 210 Å². The van der Waals surface area contributed by atoms with Gasteiger partial charge in [0.05, 0.1) is 17.4 Å². The quantitative estimate of drug-likeness (QED) is 0.437. The number of benzene rings is 1. The largest absolute Gasteiger partial charge is 0.465 e. The molecule has 0 saturated carbocycles. The lowest BCUT2D eigenvalue weighted by atomic mass is 10.1. The van der Waals surface area contributed by atoms with Crippen LogP contribution in [0.4, 0.5) is 10.7 Å². The van der Waals surface area contributed by atoms with Crippen LogP contribution >= 0.6 is 0 Å². The van der Waals surface area contributed by atoms with Gasteiger partial charge in [-0.05, 0) is 37.0 Å². The van der Waals surface area contributed by atoms with Crippen molar-refractivity contribution in [3.05, 3.63) is 46.8 Å². The van der Waals surface area contributed by atoms with Crippen LogP contribution in [-0.2, 0) is 11.8 Å². The molecule has 2 saturated heterocycles. The van der Waals surface area contributed by atoms with E-state index in [0.717, 1.165) is 41.4 Å². The number of amides is 1. The summed E-state index contributed by atoms with van der Waals surface area (Å²) in [5, 5.41) is 9.37. The Hall–Kier alpha value is -4.19.